The number of fused-ring (bicyclic) bond motifs is 1. The number of carbonyl (C=O) groups excluding carboxylic acids is 1. The largest absolute Gasteiger partial charge is 0.451 e. The third-order valence-corrected chi connectivity index (χ3v) is 4.37. The molecule has 0 fully saturated rings. The standard InChI is InChI=1S/C21H19N3O2/c1-2-15-7-9-16(10-8-15)14-24-20(11-12-22-24)23-21(25)19-13-17-5-3-4-6-18(17)26-19/h3-13H,2,14H2,1H3,(H,23,25). The molecule has 5 nitrogen and oxygen atoms in total. The van der Waals surface area contributed by atoms with Crippen LogP contribution in [0.15, 0.2) is 71.3 Å². The molecule has 1 N–H and O–H groups in total. The molecule has 0 aliphatic carbocycles. The van der Waals surface area contributed by atoms with Gasteiger partial charge in [-0.15, -0.1) is 0 Å². The maximum atomic E-state index is 12.5. The highest BCUT2D eigenvalue weighted by Crippen LogP contribution is 2.20. The molecule has 0 spiro atoms. The van der Waals surface area contributed by atoms with E-state index in [-0.39, 0.29) is 11.7 Å². The van der Waals surface area contributed by atoms with Gasteiger partial charge in [-0.3, -0.25) is 4.79 Å². The maximum Gasteiger partial charge on any atom is 0.292 e. The number of nitrogens with one attached hydrogen (secondary N) is 1. The molecule has 0 bridgehead atoms. The number of aromatic nitrogens is 2. The zero-order valence-corrected chi connectivity index (χ0v) is 14.5. The third-order valence-electron chi connectivity index (χ3n) is 4.37. The number of aryl methyl sites for hydroxylation is 1. The van der Waals surface area contributed by atoms with E-state index in [1.54, 1.807) is 23.0 Å². The fourth-order valence-electron chi connectivity index (χ4n) is 2.89. The Hall–Kier alpha value is -3.34. The number of hydrogen-bond acceptors (Lipinski definition) is 3. The molecular formula is C21H19N3O2. The SMILES string of the molecule is CCc1ccc(Cn2nccc2NC(=O)c2cc3ccccc3o2)cc1. The Balaban J connectivity index is 1.51. The fraction of sp³-hybridized carbons (Fsp3) is 0.143. The highest BCUT2D eigenvalue weighted by atomic mass is 16.3. The van der Waals surface area contributed by atoms with Gasteiger partial charge in [0.2, 0.25) is 0 Å². The molecule has 2 aromatic heterocycles. The van der Waals surface area contributed by atoms with Crippen LogP contribution in [-0.4, -0.2) is 15.7 Å². The predicted molar refractivity (Wildman–Crippen MR) is 101 cm³/mol. The van der Waals surface area contributed by atoms with Crippen LogP contribution in [0.4, 0.5) is 5.82 Å². The van der Waals surface area contributed by atoms with Crippen molar-refractivity contribution in [3.63, 3.8) is 0 Å². The molecule has 0 saturated heterocycles. The van der Waals surface area contributed by atoms with Crippen LogP contribution in [0.25, 0.3) is 11.0 Å². The highest BCUT2D eigenvalue weighted by molar-refractivity contribution is 6.04. The zero-order chi connectivity index (χ0) is 17.9. The van der Waals surface area contributed by atoms with Gasteiger partial charge in [-0.2, -0.15) is 5.10 Å². The minimum atomic E-state index is -0.288. The van der Waals surface area contributed by atoms with E-state index in [1.165, 1.54) is 5.56 Å². The van der Waals surface area contributed by atoms with Crippen LogP contribution in [0.5, 0.6) is 0 Å². The van der Waals surface area contributed by atoms with Crippen molar-refractivity contribution < 1.29 is 9.21 Å². The number of para-hydroxylation sites is 1. The second-order valence-corrected chi connectivity index (χ2v) is 6.15. The number of furan rings is 1. The Morgan fingerprint density at radius 2 is 1.85 bits per heavy atom. The molecule has 0 atom stereocenters. The van der Waals surface area contributed by atoms with Gasteiger partial charge in [-0.25, -0.2) is 4.68 Å². The van der Waals surface area contributed by atoms with Crippen molar-refractivity contribution in [1.29, 1.82) is 0 Å². The van der Waals surface area contributed by atoms with Gasteiger partial charge in [0.1, 0.15) is 11.4 Å². The van der Waals surface area contributed by atoms with Crippen molar-refractivity contribution in [2.75, 3.05) is 5.32 Å². The number of benzene rings is 2. The van der Waals surface area contributed by atoms with E-state index in [0.29, 0.717) is 17.9 Å². The van der Waals surface area contributed by atoms with E-state index in [2.05, 4.69) is 41.6 Å². The summed E-state index contributed by atoms with van der Waals surface area (Å²) in [6.07, 6.45) is 2.69. The van der Waals surface area contributed by atoms with Crippen molar-refractivity contribution in [3.05, 3.63) is 83.7 Å². The second kappa shape index (κ2) is 6.88. The molecular weight excluding hydrogens is 326 g/mol. The zero-order valence-electron chi connectivity index (χ0n) is 14.5. The summed E-state index contributed by atoms with van der Waals surface area (Å²) in [5, 5.41) is 8.10. The van der Waals surface area contributed by atoms with Gasteiger partial charge < -0.3 is 9.73 Å². The average Bonchev–Trinajstić information content (AvgIpc) is 3.29. The van der Waals surface area contributed by atoms with Gasteiger partial charge in [-0.1, -0.05) is 49.4 Å². The van der Waals surface area contributed by atoms with E-state index in [0.717, 1.165) is 17.4 Å². The molecule has 2 heterocycles. The molecule has 0 saturated carbocycles. The number of carbonyl (C=O) groups is 1. The van der Waals surface area contributed by atoms with Crippen LogP contribution in [0.2, 0.25) is 0 Å². The summed E-state index contributed by atoms with van der Waals surface area (Å²) in [7, 11) is 0. The first kappa shape index (κ1) is 16.1. The Bertz CT molecular complexity index is 1010. The minimum Gasteiger partial charge on any atom is -0.451 e. The van der Waals surface area contributed by atoms with Gasteiger partial charge in [-0.05, 0) is 29.7 Å². The Kier molecular flexibility index (Phi) is 4.27. The molecule has 0 unspecified atom stereocenters. The number of nitrogens with zero attached hydrogens (tertiary/aromatic N) is 2. The van der Waals surface area contributed by atoms with Crippen LogP contribution in [-0.2, 0) is 13.0 Å². The van der Waals surface area contributed by atoms with Crippen molar-refractivity contribution >= 4 is 22.7 Å². The quantitative estimate of drug-likeness (QED) is 0.580. The molecule has 1 amide bonds. The molecule has 130 valence electrons. The van der Waals surface area contributed by atoms with E-state index in [4.69, 9.17) is 4.42 Å². The summed E-state index contributed by atoms with van der Waals surface area (Å²) in [4.78, 5) is 12.5. The van der Waals surface area contributed by atoms with E-state index in [9.17, 15) is 4.79 Å². The second-order valence-electron chi connectivity index (χ2n) is 6.15. The van der Waals surface area contributed by atoms with E-state index < -0.39 is 0 Å². The summed E-state index contributed by atoms with van der Waals surface area (Å²) in [5.41, 5.74) is 3.12. The first-order chi connectivity index (χ1) is 12.7. The molecule has 0 aliphatic heterocycles. The fourth-order valence-corrected chi connectivity index (χ4v) is 2.89. The Morgan fingerprint density at radius 1 is 1.08 bits per heavy atom. The monoisotopic (exact) mass is 345 g/mol. The highest BCUT2D eigenvalue weighted by Gasteiger charge is 2.14. The summed E-state index contributed by atoms with van der Waals surface area (Å²) in [6.45, 7) is 2.72. The first-order valence-electron chi connectivity index (χ1n) is 8.62. The topological polar surface area (TPSA) is 60.1 Å². The summed E-state index contributed by atoms with van der Waals surface area (Å²) in [5.74, 6) is 0.630. The lowest BCUT2D eigenvalue weighted by Crippen LogP contribution is -2.15. The Morgan fingerprint density at radius 3 is 2.62 bits per heavy atom. The Labute approximate surface area is 151 Å². The van der Waals surface area contributed by atoms with Gasteiger partial charge in [0.15, 0.2) is 5.76 Å². The van der Waals surface area contributed by atoms with Crippen LogP contribution >= 0.6 is 0 Å². The smallest absolute Gasteiger partial charge is 0.292 e. The first-order valence-corrected chi connectivity index (χ1v) is 8.62. The van der Waals surface area contributed by atoms with Gasteiger partial charge in [0, 0.05) is 11.5 Å². The summed E-state index contributed by atoms with van der Waals surface area (Å²) in [6, 6.07) is 19.5. The predicted octanol–water partition coefficient (Wildman–Crippen LogP) is 4.49. The molecule has 0 radical (unpaired) electrons. The molecule has 4 aromatic rings. The molecule has 0 aliphatic rings. The normalized spacial score (nSPS) is 11.0. The number of anilines is 1. The molecule has 2 aromatic carbocycles. The third kappa shape index (κ3) is 3.24. The average molecular weight is 345 g/mol. The summed E-state index contributed by atoms with van der Waals surface area (Å²) < 4.78 is 7.39. The molecule has 5 heteroatoms. The number of rotatable bonds is 5. The van der Waals surface area contributed by atoms with E-state index >= 15 is 0 Å². The summed E-state index contributed by atoms with van der Waals surface area (Å²) >= 11 is 0. The van der Waals surface area contributed by atoms with Crippen molar-refractivity contribution in [1.82, 2.24) is 9.78 Å². The molecule has 26 heavy (non-hydrogen) atoms. The maximum absolute atomic E-state index is 12.5. The lowest BCUT2D eigenvalue weighted by atomic mass is 10.1. The van der Waals surface area contributed by atoms with Crippen molar-refractivity contribution in [3.8, 4) is 0 Å². The van der Waals surface area contributed by atoms with Crippen LogP contribution < -0.4 is 5.32 Å². The van der Waals surface area contributed by atoms with E-state index in [1.807, 2.05) is 24.3 Å². The van der Waals surface area contributed by atoms with Crippen LogP contribution in [0.1, 0.15) is 28.6 Å². The van der Waals surface area contributed by atoms with Gasteiger partial charge in [0.05, 0.1) is 12.7 Å². The van der Waals surface area contributed by atoms with Crippen LogP contribution in [0, 0.1) is 0 Å². The van der Waals surface area contributed by atoms with Crippen molar-refractivity contribution in [2.45, 2.75) is 19.9 Å². The number of amides is 1. The van der Waals surface area contributed by atoms with Gasteiger partial charge in [0.25, 0.3) is 5.91 Å². The van der Waals surface area contributed by atoms with Gasteiger partial charge >= 0.3 is 0 Å². The van der Waals surface area contributed by atoms with Crippen molar-refractivity contribution in [2.24, 2.45) is 0 Å². The minimum absolute atomic E-state index is 0.284. The lowest BCUT2D eigenvalue weighted by molar-refractivity contribution is 0.0997. The van der Waals surface area contributed by atoms with Crippen LogP contribution in [0.3, 0.4) is 0 Å². The number of hydrogen-bond donors (Lipinski definition) is 1. The lowest BCUT2D eigenvalue weighted by Gasteiger charge is -2.09. The molecule has 4 rings (SSSR count).